The van der Waals surface area contributed by atoms with E-state index in [1.165, 1.54) is 50.8 Å². The van der Waals surface area contributed by atoms with Crippen molar-refractivity contribution in [2.45, 2.75) is 44.1 Å². The van der Waals surface area contributed by atoms with Crippen molar-refractivity contribution in [3.63, 3.8) is 0 Å². The molecule has 1 aromatic rings. The van der Waals surface area contributed by atoms with E-state index in [1.54, 1.807) is 0 Å². The first kappa shape index (κ1) is 12.9. The van der Waals surface area contributed by atoms with Crippen LogP contribution < -0.4 is 10.1 Å². The highest BCUT2D eigenvalue weighted by molar-refractivity contribution is 5.33. The van der Waals surface area contributed by atoms with Crippen LogP contribution in [-0.4, -0.2) is 19.7 Å². The molecular formula is C16H22FNO. The molecule has 0 bridgehead atoms. The molecule has 0 radical (unpaired) electrons. The number of methoxy groups -OCH3 is 1. The molecule has 0 aromatic heterocycles. The van der Waals surface area contributed by atoms with E-state index in [9.17, 15) is 4.39 Å². The molecule has 2 aliphatic rings. The van der Waals surface area contributed by atoms with Gasteiger partial charge in [0.2, 0.25) is 0 Å². The van der Waals surface area contributed by atoms with Crippen LogP contribution in [-0.2, 0) is 0 Å². The first-order chi connectivity index (χ1) is 9.28. The van der Waals surface area contributed by atoms with Gasteiger partial charge in [-0.25, -0.2) is 4.39 Å². The van der Waals surface area contributed by atoms with Gasteiger partial charge in [0, 0.05) is 12.6 Å². The molecule has 2 nitrogen and oxygen atoms in total. The molecule has 104 valence electrons. The molecule has 2 fully saturated rings. The van der Waals surface area contributed by atoms with Crippen LogP contribution in [0.5, 0.6) is 5.75 Å². The summed E-state index contributed by atoms with van der Waals surface area (Å²) >= 11 is 0. The van der Waals surface area contributed by atoms with E-state index in [0.717, 1.165) is 12.5 Å². The average molecular weight is 263 g/mol. The van der Waals surface area contributed by atoms with Gasteiger partial charge in [0.25, 0.3) is 0 Å². The minimum Gasteiger partial charge on any atom is -0.494 e. The Morgan fingerprint density at radius 1 is 1.26 bits per heavy atom. The Kier molecular flexibility index (Phi) is 3.74. The predicted molar refractivity (Wildman–Crippen MR) is 74.1 cm³/mol. The Balaban J connectivity index is 1.70. The number of benzene rings is 1. The van der Waals surface area contributed by atoms with Gasteiger partial charge >= 0.3 is 0 Å². The molecule has 1 N–H and O–H groups in total. The summed E-state index contributed by atoms with van der Waals surface area (Å²) in [6.07, 6.45) is 6.70. The molecule has 3 heteroatoms. The summed E-state index contributed by atoms with van der Waals surface area (Å²) in [6.45, 7) is 1.01. The zero-order valence-electron chi connectivity index (χ0n) is 11.5. The third-order valence-electron chi connectivity index (χ3n) is 4.78. The lowest BCUT2D eigenvalue weighted by atomic mass is 9.90. The molecule has 1 aromatic carbocycles. The molecule has 0 spiro atoms. The zero-order chi connectivity index (χ0) is 13.2. The lowest BCUT2D eigenvalue weighted by Gasteiger charge is -2.18. The summed E-state index contributed by atoms with van der Waals surface area (Å²) in [5.41, 5.74) is 1.20. The first-order valence-electron chi connectivity index (χ1n) is 7.34. The fourth-order valence-electron chi connectivity index (χ4n) is 3.67. The number of nitrogens with one attached hydrogen (secondary N) is 1. The normalized spacial score (nSPS) is 27.9. The highest BCUT2D eigenvalue weighted by Crippen LogP contribution is 2.36. The lowest BCUT2D eigenvalue weighted by molar-refractivity contribution is 0.384. The summed E-state index contributed by atoms with van der Waals surface area (Å²) in [4.78, 5) is 0. The molecular weight excluding hydrogens is 241 g/mol. The van der Waals surface area contributed by atoms with Crippen molar-refractivity contribution in [2.75, 3.05) is 13.7 Å². The minimum atomic E-state index is -0.274. The van der Waals surface area contributed by atoms with Crippen LogP contribution >= 0.6 is 0 Å². The van der Waals surface area contributed by atoms with Crippen molar-refractivity contribution in [2.24, 2.45) is 5.92 Å². The second kappa shape index (κ2) is 5.49. The van der Waals surface area contributed by atoms with Crippen molar-refractivity contribution in [1.82, 2.24) is 5.32 Å². The van der Waals surface area contributed by atoms with Gasteiger partial charge in [0.15, 0.2) is 11.6 Å². The van der Waals surface area contributed by atoms with E-state index < -0.39 is 0 Å². The van der Waals surface area contributed by atoms with E-state index in [4.69, 9.17) is 4.74 Å². The highest BCUT2D eigenvalue weighted by atomic mass is 19.1. The van der Waals surface area contributed by atoms with Gasteiger partial charge in [-0.05, 0) is 48.8 Å². The van der Waals surface area contributed by atoms with Gasteiger partial charge in [-0.2, -0.15) is 0 Å². The SMILES string of the molecule is COc1cc(C2CNC(C3CCCC3)C2)ccc1F. The van der Waals surface area contributed by atoms with E-state index in [0.29, 0.717) is 17.7 Å². The maximum atomic E-state index is 13.4. The Morgan fingerprint density at radius 3 is 2.79 bits per heavy atom. The summed E-state index contributed by atoms with van der Waals surface area (Å²) in [7, 11) is 1.52. The van der Waals surface area contributed by atoms with E-state index in [-0.39, 0.29) is 5.82 Å². The molecule has 1 heterocycles. The van der Waals surface area contributed by atoms with Gasteiger partial charge in [-0.15, -0.1) is 0 Å². The topological polar surface area (TPSA) is 21.3 Å². The fourth-order valence-corrected chi connectivity index (χ4v) is 3.67. The van der Waals surface area contributed by atoms with Gasteiger partial charge in [-0.1, -0.05) is 18.9 Å². The fraction of sp³-hybridized carbons (Fsp3) is 0.625. The number of halogens is 1. The average Bonchev–Trinajstić information content (AvgIpc) is 3.10. The number of rotatable bonds is 3. The molecule has 2 atom stereocenters. The van der Waals surface area contributed by atoms with E-state index in [1.807, 2.05) is 12.1 Å². The van der Waals surface area contributed by atoms with Crippen LogP contribution in [0, 0.1) is 11.7 Å². The molecule has 0 amide bonds. The molecule has 19 heavy (non-hydrogen) atoms. The van der Waals surface area contributed by atoms with E-state index in [2.05, 4.69) is 5.32 Å². The molecule has 2 unspecified atom stereocenters. The second-order valence-corrected chi connectivity index (χ2v) is 5.89. The second-order valence-electron chi connectivity index (χ2n) is 5.89. The van der Waals surface area contributed by atoms with Crippen LogP contribution in [0.2, 0.25) is 0 Å². The standard InChI is InChI=1S/C16H22FNO/c1-19-16-9-12(6-7-14(16)17)13-8-15(18-10-13)11-4-2-3-5-11/h6-7,9,11,13,15,18H,2-5,8,10H2,1H3. The van der Waals surface area contributed by atoms with Gasteiger partial charge in [0.05, 0.1) is 7.11 Å². The summed E-state index contributed by atoms with van der Waals surface area (Å²) in [6, 6.07) is 5.94. The number of hydrogen-bond donors (Lipinski definition) is 1. The molecule has 1 saturated carbocycles. The maximum Gasteiger partial charge on any atom is 0.165 e. The Morgan fingerprint density at radius 2 is 2.05 bits per heavy atom. The predicted octanol–water partition coefficient (Wildman–Crippen LogP) is 3.47. The Hall–Kier alpha value is -1.09. The largest absolute Gasteiger partial charge is 0.494 e. The van der Waals surface area contributed by atoms with Crippen LogP contribution in [0.1, 0.15) is 43.6 Å². The monoisotopic (exact) mass is 263 g/mol. The Bertz CT molecular complexity index is 442. The Labute approximate surface area is 114 Å². The van der Waals surface area contributed by atoms with Crippen molar-refractivity contribution >= 4 is 0 Å². The quantitative estimate of drug-likeness (QED) is 0.901. The highest BCUT2D eigenvalue weighted by Gasteiger charge is 2.32. The third-order valence-corrected chi connectivity index (χ3v) is 4.78. The van der Waals surface area contributed by atoms with Crippen LogP contribution in [0.15, 0.2) is 18.2 Å². The van der Waals surface area contributed by atoms with Crippen molar-refractivity contribution < 1.29 is 9.13 Å². The van der Waals surface area contributed by atoms with E-state index >= 15 is 0 Å². The third kappa shape index (κ3) is 2.62. The van der Waals surface area contributed by atoms with Crippen LogP contribution in [0.25, 0.3) is 0 Å². The molecule has 1 aliphatic carbocycles. The molecule has 1 saturated heterocycles. The van der Waals surface area contributed by atoms with Gasteiger partial charge < -0.3 is 10.1 Å². The van der Waals surface area contributed by atoms with Gasteiger partial charge in [0.1, 0.15) is 0 Å². The van der Waals surface area contributed by atoms with Crippen LogP contribution in [0.4, 0.5) is 4.39 Å². The minimum absolute atomic E-state index is 0.274. The maximum absolute atomic E-state index is 13.4. The van der Waals surface area contributed by atoms with Crippen molar-refractivity contribution in [1.29, 1.82) is 0 Å². The summed E-state index contributed by atoms with van der Waals surface area (Å²) < 4.78 is 18.5. The molecule has 1 aliphatic heterocycles. The summed E-state index contributed by atoms with van der Waals surface area (Å²) in [5.74, 6) is 1.44. The first-order valence-corrected chi connectivity index (χ1v) is 7.34. The smallest absolute Gasteiger partial charge is 0.165 e. The van der Waals surface area contributed by atoms with Crippen molar-refractivity contribution in [3.05, 3.63) is 29.6 Å². The van der Waals surface area contributed by atoms with Gasteiger partial charge in [-0.3, -0.25) is 0 Å². The number of hydrogen-bond acceptors (Lipinski definition) is 2. The van der Waals surface area contributed by atoms with Crippen molar-refractivity contribution in [3.8, 4) is 5.75 Å². The lowest BCUT2D eigenvalue weighted by Crippen LogP contribution is -2.28. The summed E-state index contributed by atoms with van der Waals surface area (Å²) in [5, 5.41) is 3.66. The number of ether oxygens (including phenoxy) is 1. The zero-order valence-corrected chi connectivity index (χ0v) is 11.5. The molecule has 3 rings (SSSR count). The van der Waals surface area contributed by atoms with Crippen LogP contribution in [0.3, 0.4) is 0 Å².